The maximum Gasteiger partial charge on any atom is 0.239 e. The largest absolute Gasteiger partial charge is 0.390 e. The molecule has 1 aliphatic carbocycles. The molecule has 6 heteroatoms. The molecule has 0 aromatic heterocycles. The van der Waals surface area contributed by atoms with Crippen molar-refractivity contribution in [2.75, 3.05) is 33.7 Å². The Bertz CT molecular complexity index is 824. The quantitative estimate of drug-likeness (QED) is 0.575. The van der Waals surface area contributed by atoms with Crippen molar-refractivity contribution in [2.24, 2.45) is 11.8 Å². The first-order valence-corrected chi connectivity index (χ1v) is 13.7. The zero-order chi connectivity index (χ0) is 25.5. The fourth-order valence-corrected chi connectivity index (χ4v) is 6.14. The van der Waals surface area contributed by atoms with E-state index in [0.29, 0.717) is 19.5 Å². The Labute approximate surface area is 212 Å². The van der Waals surface area contributed by atoms with E-state index in [-0.39, 0.29) is 35.7 Å². The maximum atomic E-state index is 13.7. The van der Waals surface area contributed by atoms with E-state index in [1.54, 1.807) is 4.90 Å². The van der Waals surface area contributed by atoms with Gasteiger partial charge in [-0.25, -0.2) is 0 Å². The number of hydrogen-bond donors (Lipinski definition) is 2. The van der Waals surface area contributed by atoms with Crippen molar-refractivity contribution in [3.8, 4) is 0 Å². The molecule has 0 radical (unpaired) electrons. The molecule has 1 saturated carbocycles. The molecular formula is C29H47N3O3. The second-order valence-corrected chi connectivity index (χ2v) is 11.2. The maximum absolute atomic E-state index is 13.7. The molecule has 2 aliphatic rings. The second-order valence-electron chi connectivity index (χ2n) is 11.2. The number of nitrogens with one attached hydrogen (secondary N) is 1. The zero-order valence-electron chi connectivity index (χ0n) is 22.4. The molecule has 35 heavy (non-hydrogen) atoms. The number of carbonyl (C=O) groups is 2. The fraction of sp³-hybridized carbons (Fsp3) is 0.724. The van der Waals surface area contributed by atoms with E-state index in [9.17, 15) is 14.7 Å². The third-order valence-electron chi connectivity index (χ3n) is 8.59. The highest BCUT2D eigenvalue weighted by Crippen LogP contribution is 2.43. The van der Waals surface area contributed by atoms with Crippen molar-refractivity contribution in [3.05, 3.63) is 35.9 Å². The SMILES string of the molecule is CCCNC(=O)CN1CCC[C@](c2ccccc2)(N(C)C)CCCC(CC2(O)CCC2)C(C)C1=O. The van der Waals surface area contributed by atoms with Crippen LogP contribution in [0.2, 0.25) is 0 Å². The lowest BCUT2D eigenvalue weighted by atomic mass is 9.70. The molecule has 2 amide bonds. The Morgan fingerprint density at radius 3 is 2.40 bits per heavy atom. The average Bonchev–Trinajstić information content (AvgIpc) is 2.85. The van der Waals surface area contributed by atoms with Crippen LogP contribution in [0.25, 0.3) is 0 Å². The van der Waals surface area contributed by atoms with Crippen LogP contribution in [0.4, 0.5) is 0 Å². The summed E-state index contributed by atoms with van der Waals surface area (Å²) in [6.07, 6.45) is 8.96. The molecule has 1 aliphatic heterocycles. The van der Waals surface area contributed by atoms with Gasteiger partial charge in [-0.3, -0.25) is 14.5 Å². The highest BCUT2D eigenvalue weighted by molar-refractivity contribution is 5.85. The van der Waals surface area contributed by atoms with Gasteiger partial charge in [0.1, 0.15) is 0 Å². The van der Waals surface area contributed by atoms with Gasteiger partial charge in [0.2, 0.25) is 11.8 Å². The van der Waals surface area contributed by atoms with Gasteiger partial charge >= 0.3 is 0 Å². The smallest absolute Gasteiger partial charge is 0.239 e. The predicted molar refractivity (Wildman–Crippen MR) is 141 cm³/mol. The summed E-state index contributed by atoms with van der Waals surface area (Å²) in [6.45, 7) is 5.35. The molecule has 1 aromatic carbocycles. The van der Waals surface area contributed by atoms with Gasteiger partial charge < -0.3 is 15.3 Å². The van der Waals surface area contributed by atoms with Gasteiger partial charge in [0.05, 0.1) is 12.1 Å². The predicted octanol–water partition coefficient (Wildman–Crippen LogP) is 4.32. The molecule has 1 saturated heterocycles. The number of hydrogen-bond acceptors (Lipinski definition) is 4. The van der Waals surface area contributed by atoms with Gasteiger partial charge in [0.25, 0.3) is 0 Å². The average molecular weight is 486 g/mol. The van der Waals surface area contributed by atoms with Crippen LogP contribution >= 0.6 is 0 Å². The van der Waals surface area contributed by atoms with E-state index in [1.165, 1.54) is 5.56 Å². The van der Waals surface area contributed by atoms with Crippen LogP contribution in [0.15, 0.2) is 30.3 Å². The van der Waals surface area contributed by atoms with Gasteiger partial charge in [-0.2, -0.15) is 0 Å². The van der Waals surface area contributed by atoms with E-state index in [1.807, 2.05) is 13.8 Å². The Morgan fingerprint density at radius 2 is 1.80 bits per heavy atom. The van der Waals surface area contributed by atoms with Crippen molar-refractivity contribution in [1.82, 2.24) is 15.1 Å². The zero-order valence-corrected chi connectivity index (χ0v) is 22.4. The molecule has 0 bridgehead atoms. The number of benzene rings is 1. The topological polar surface area (TPSA) is 72.9 Å². The van der Waals surface area contributed by atoms with Crippen LogP contribution in [-0.2, 0) is 15.1 Å². The normalized spacial score (nSPS) is 27.7. The van der Waals surface area contributed by atoms with E-state index in [0.717, 1.165) is 57.8 Å². The number of nitrogens with zero attached hydrogens (tertiary/aromatic N) is 2. The van der Waals surface area contributed by atoms with Crippen molar-refractivity contribution in [3.63, 3.8) is 0 Å². The molecule has 2 unspecified atom stereocenters. The van der Waals surface area contributed by atoms with E-state index >= 15 is 0 Å². The van der Waals surface area contributed by atoms with Crippen LogP contribution in [-0.4, -0.2) is 66.1 Å². The molecule has 196 valence electrons. The van der Waals surface area contributed by atoms with Crippen molar-refractivity contribution in [1.29, 1.82) is 0 Å². The first-order chi connectivity index (χ1) is 16.7. The van der Waals surface area contributed by atoms with Gasteiger partial charge in [-0.1, -0.05) is 50.6 Å². The lowest BCUT2D eigenvalue weighted by Crippen LogP contribution is -2.46. The summed E-state index contributed by atoms with van der Waals surface area (Å²) in [5, 5.41) is 13.9. The summed E-state index contributed by atoms with van der Waals surface area (Å²) in [6, 6.07) is 10.7. The van der Waals surface area contributed by atoms with E-state index < -0.39 is 5.60 Å². The Kier molecular flexibility index (Phi) is 9.77. The van der Waals surface area contributed by atoms with Crippen molar-refractivity contribution in [2.45, 2.75) is 89.2 Å². The first kappa shape index (κ1) is 27.7. The number of rotatable bonds is 8. The summed E-state index contributed by atoms with van der Waals surface area (Å²) >= 11 is 0. The molecule has 2 N–H and O–H groups in total. The number of aliphatic hydroxyl groups is 1. The minimum Gasteiger partial charge on any atom is -0.390 e. The lowest BCUT2D eigenvalue weighted by Gasteiger charge is -2.42. The molecule has 3 rings (SSSR count). The third-order valence-corrected chi connectivity index (χ3v) is 8.59. The third kappa shape index (κ3) is 6.85. The number of amides is 2. The minimum atomic E-state index is -0.624. The number of carbonyl (C=O) groups excluding carboxylic acids is 2. The summed E-state index contributed by atoms with van der Waals surface area (Å²) in [4.78, 5) is 30.4. The van der Waals surface area contributed by atoms with Crippen LogP contribution in [0.1, 0.15) is 83.6 Å². The molecule has 2 fully saturated rings. The molecule has 0 spiro atoms. The summed E-state index contributed by atoms with van der Waals surface area (Å²) in [5.74, 6) is -0.120. The lowest BCUT2D eigenvalue weighted by molar-refractivity contribution is -0.142. The highest BCUT2D eigenvalue weighted by atomic mass is 16.3. The fourth-order valence-electron chi connectivity index (χ4n) is 6.14. The first-order valence-electron chi connectivity index (χ1n) is 13.7. The monoisotopic (exact) mass is 485 g/mol. The van der Waals surface area contributed by atoms with Crippen LogP contribution in [0.3, 0.4) is 0 Å². The molecule has 3 atom stereocenters. The molecule has 1 aromatic rings. The standard InChI is InChI=1S/C29H47N3O3/c1-5-19-30-26(33)22-32-20-11-18-29(31(3)4,25-13-7-6-8-14-25)17-9-12-24(23(2)27(32)34)21-28(35)15-10-16-28/h6-8,13-14,23-24,35H,5,9-12,15-22H2,1-4H3,(H,30,33)/t23?,24?,29-/m1/s1. The Hall–Kier alpha value is -1.92. The van der Waals surface area contributed by atoms with Crippen LogP contribution in [0.5, 0.6) is 0 Å². The Morgan fingerprint density at radius 1 is 1.11 bits per heavy atom. The second kappa shape index (κ2) is 12.4. The molecular weight excluding hydrogens is 438 g/mol. The van der Waals surface area contributed by atoms with Crippen molar-refractivity contribution < 1.29 is 14.7 Å². The summed E-state index contributed by atoms with van der Waals surface area (Å²) in [7, 11) is 4.32. The summed E-state index contributed by atoms with van der Waals surface area (Å²) in [5.41, 5.74) is 0.567. The van der Waals surface area contributed by atoms with Gasteiger partial charge in [0, 0.05) is 24.5 Å². The van der Waals surface area contributed by atoms with E-state index in [2.05, 4.69) is 54.6 Å². The molecule has 1 heterocycles. The van der Waals surface area contributed by atoms with Crippen LogP contribution in [0, 0.1) is 11.8 Å². The minimum absolute atomic E-state index is 0.0571. The van der Waals surface area contributed by atoms with Gasteiger partial charge in [0.15, 0.2) is 0 Å². The van der Waals surface area contributed by atoms with E-state index in [4.69, 9.17) is 0 Å². The highest BCUT2D eigenvalue weighted by Gasteiger charge is 2.41. The van der Waals surface area contributed by atoms with Crippen molar-refractivity contribution >= 4 is 11.8 Å². The van der Waals surface area contributed by atoms with Gasteiger partial charge in [-0.05, 0) is 83.4 Å². The molecule has 6 nitrogen and oxygen atoms in total. The van der Waals surface area contributed by atoms with Gasteiger partial charge in [-0.15, -0.1) is 0 Å². The summed E-state index contributed by atoms with van der Waals surface area (Å²) < 4.78 is 0. The van der Waals surface area contributed by atoms with Crippen LogP contribution < -0.4 is 5.32 Å². The Balaban J connectivity index is 1.89.